The first-order valence-corrected chi connectivity index (χ1v) is 8.77. The summed E-state index contributed by atoms with van der Waals surface area (Å²) in [4.78, 5) is 33.3. The normalized spacial score (nSPS) is 16.1. The van der Waals surface area contributed by atoms with Crippen molar-refractivity contribution in [3.8, 4) is 5.75 Å². The number of allylic oxidation sites excluding steroid dienone is 2. The van der Waals surface area contributed by atoms with Crippen LogP contribution in [0.4, 0.5) is 4.79 Å². The Bertz CT molecular complexity index is 899. The van der Waals surface area contributed by atoms with Crippen LogP contribution in [0, 0.1) is 17.0 Å². The summed E-state index contributed by atoms with van der Waals surface area (Å²) >= 11 is 0.856. The monoisotopic (exact) mass is 386 g/mol. The van der Waals surface area contributed by atoms with Gasteiger partial charge in [-0.2, -0.15) is 0 Å². The van der Waals surface area contributed by atoms with Crippen molar-refractivity contribution in [3.05, 3.63) is 80.4 Å². The number of carbonyl (C=O) groups excluding carboxylic acids is 2. The average Bonchev–Trinajstić information content (AvgIpc) is 2.94. The third-order valence-electron chi connectivity index (χ3n) is 3.74. The van der Waals surface area contributed by atoms with E-state index in [1.54, 1.807) is 37.3 Å². The van der Waals surface area contributed by atoms with Gasteiger partial charge in [-0.15, -0.1) is 0 Å². The molecule has 1 saturated heterocycles. The van der Waals surface area contributed by atoms with Gasteiger partial charge in [0.2, 0.25) is 0 Å². The summed E-state index contributed by atoms with van der Waals surface area (Å²) in [6.07, 6.45) is 6.33. The number of benzene rings is 1. The van der Waals surface area contributed by atoms with Gasteiger partial charge < -0.3 is 4.74 Å². The molecule has 0 spiro atoms. The Balaban J connectivity index is 2.13. The summed E-state index contributed by atoms with van der Waals surface area (Å²) in [5.41, 5.74) is 2.12. The Labute approximate surface area is 160 Å². The molecule has 1 heterocycles. The highest BCUT2D eigenvalue weighted by Crippen LogP contribution is 2.29. The molecule has 1 fully saturated rings. The Morgan fingerprint density at radius 1 is 1.37 bits per heavy atom. The van der Waals surface area contributed by atoms with Crippen LogP contribution in [0.2, 0.25) is 0 Å². The van der Waals surface area contributed by atoms with E-state index in [0.717, 1.165) is 28.5 Å². The van der Waals surface area contributed by atoms with E-state index >= 15 is 0 Å². The number of hydrogen-bond acceptors (Lipinski definition) is 6. The van der Waals surface area contributed by atoms with Crippen LogP contribution in [0.5, 0.6) is 5.75 Å². The number of rotatable bonds is 7. The van der Waals surface area contributed by atoms with Crippen LogP contribution in [-0.2, 0) is 4.79 Å². The maximum absolute atomic E-state index is 11.7. The lowest BCUT2D eigenvalue weighted by Crippen LogP contribution is -2.17. The van der Waals surface area contributed by atoms with Gasteiger partial charge in [-0.25, -0.2) is 0 Å². The molecular weight excluding hydrogens is 368 g/mol. The number of amides is 2. The first-order valence-electron chi connectivity index (χ1n) is 7.95. The van der Waals surface area contributed by atoms with Gasteiger partial charge in [-0.1, -0.05) is 18.2 Å². The molecule has 2 amide bonds. The summed E-state index contributed by atoms with van der Waals surface area (Å²) in [7, 11) is 0. The molecule has 1 aliphatic heterocycles. The topological polar surface area (TPSA) is 98.5 Å². The quantitative estimate of drug-likeness (QED) is 0.329. The van der Waals surface area contributed by atoms with Gasteiger partial charge >= 0.3 is 0 Å². The Kier molecular flexibility index (Phi) is 6.73. The van der Waals surface area contributed by atoms with E-state index in [9.17, 15) is 19.7 Å². The number of thioether (sulfide) groups is 1. The van der Waals surface area contributed by atoms with E-state index in [2.05, 4.69) is 11.9 Å². The lowest BCUT2D eigenvalue weighted by Gasteiger charge is -2.12. The van der Waals surface area contributed by atoms with Crippen LogP contribution >= 0.6 is 11.8 Å². The zero-order chi connectivity index (χ0) is 20.0. The number of ether oxygens (including phenoxy) is 1. The number of nitro groups is 1. The van der Waals surface area contributed by atoms with Gasteiger partial charge in [0.15, 0.2) is 0 Å². The lowest BCUT2D eigenvalue weighted by molar-refractivity contribution is -0.418. The summed E-state index contributed by atoms with van der Waals surface area (Å²) < 4.78 is 5.81. The van der Waals surface area contributed by atoms with E-state index in [1.807, 2.05) is 13.0 Å². The van der Waals surface area contributed by atoms with Gasteiger partial charge in [0.05, 0.1) is 9.83 Å². The Morgan fingerprint density at radius 3 is 2.70 bits per heavy atom. The van der Waals surface area contributed by atoms with Crippen LogP contribution in [0.25, 0.3) is 6.08 Å². The largest absolute Gasteiger partial charge is 0.489 e. The van der Waals surface area contributed by atoms with E-state index < -0.39 is 16.1 Å². The van der Waals surface area contributed by atoms with E-state index in [0.29, 0.717) is 10.7 Å². The summed E-state index contributed by atoms with van der Waals surface area (Å²) in [6, 6.07) is 5.40. The van der Waals surface area contributed by atoms with Crippen LogP contribution in [0.3, 0.4) is 0 Å². The fourth-order valence-electron chi connectivity index (χ4n) is 2.16. The summed E-state index contributed by atoms with van der Waals surface area (Å²) in [6.45, 7) is 7.21. The van der Waals surface area contributed by atoms with Gasteiger partial charge in [-0.05, 0) is 67.1 Å². The van der Waals surface area contributed by atoms with Crippen molar-refractivity contribution in [2.24, 2.45) is 0 Å². The summed E-state index contributed by atoms with van der Waals surface area (Å²) in [5, 5.41) is 12.4. The van der Waals surface area contributed by atoms with Crippen molar-refractivity contribution >= 4 is 29.0 Å². The first kappa shape index (κ1) is 20.2. The second-order valence-electron chi connectivity index (χ2n) is 5.56. The highest BCUT2D eigenvalue weighted by molar-refractivity contribution is 8.18. The molecule has 0 atom stereocenters. The minimum absolute atomic E-state index is 0.207. The molecule has 0 saturated carbocycles. The molecule has 7 nitrogen and oxygen atoms in total. The summed E-state index contributed by atoms with van der Waals surface area (Å²) in [5.74, 6) is 0.197. The molecule has 8 heteroatoms. The molecular formula is C19H18N2O5S. The molecule has 1 N–H and O–H groups in total. The molecule has 1 aromatic rings. The number of imide groups is 1. The number of hydrogen-bond donors (Lipinski definition) is 1. The SMILES string of the molecule is C=C(/C=C\C(=C/C)COc1cccc(/C=C2\SC(=O)NC2=O)c1C)[N+](=O)[O-]. The molecule has 0 bridgehead atoms. The molecule has 140 valence electrons. The van der Waals surface area contributed by atoms with Crippen molar-refractivity contribution in [3.63, 3.8) is 0 Å². The Morgan fingerprint density at radius 2 is 2.11 bits per heavy atom. The highest BCUT2D eigenvalue weighted by atomic mass is 32.2. The van der Waals surface area contributed by atoms with Crippen molar-refractivity contribution < 1.29 is 19.2 Å². The van der Waals surface area contributed by atoms with E-state index in [1.165, 1.54) is 6.08 Å². The van der Waals surface area contributed by atoms with Gasteiger partial charge in [0.1, 0.15) is 12.4 Å². The maximum Gasteiger partial charge on any atom is 0.290 e. The van der Waals surface area contributed by atoms with Crippen molar-refractivity contribution in [1.82, 2.24) is 5.32 Å². The predicted octanol–water partition coefficient (Wildman–Crippen LogP) is 3.99. The molecule has 0 aromatic heterocycles. The molecule has 1 aromatic carbocycles. The second-order valence-corrected chi connectivity index (χ2v) is 6.57. The predicted molar refractivity (Wildman–Crippen MR) is 105 cm³/mol. The second kappa shape index (κ2) is 9.00. The molecule has 0 unspecified atom stereocenters. The highest BCUT2D eigenvalue weighted by Gasteiger charge is 2.25. The van der Waals surface area contributed by atoms with E-state index in [4.69, 9.17) is 4.74 Å². The zero-order valence-electron chi connectivity index (χ0n) is 14.9. The van der Waals surface area contributed by atoms with Crippen molar-refractivity contribution in [1.29, 1.82) is 0 Å². The number of nitrogens with one attached hydrogen (secondary N) is 1. The third-order valence-corrected chi connectivity index (χ3v) is 4.55. The lowest BCUT2D eigenvalue weighted by atomic mass is 10.1. The molecule has 2 rings (SSSR count). The minimum Gasteiger partial charge on any atom is -0.489 e. The number of carbonyl (C=O) groups is 2. The maximum atomic E-state index is 11.7. The van der Waals surface area contributed by atoms with E-state index in [-0.39, 0.29) is 12.3 Å². The van der Waals surface area contributed by atoms with Crippen LogP contribution in [0.1, 0.15) is 18.1 Å². The Hall–Kier alpha value is -3.13. The minimum atomic E-state index is -0.562. The fraction of sp³-hybridized carbons (Fsp3) is 0.158. The average molecular weight is 386 g/mol. The molecule has 27 heavy (non-hydrogen) atoms. The smallest absolute Gasteiger partial charge is 0.290 e. The molecule has 0 aliphatic carbocycles. The molecule has 0 radical (unpaired) electrons. The van der Waals surface area contributed by atoms with Crippen LogP contribution in [0.15, 0.2) is 59.2 Å². The first-order chi connectivity index (χ1) is 12.8. The zero-order valence-corrected chi connectivity index (χ0v) is 15.7. The fourth-order valence-corrected chi connectivity index (χ4v) is 2.83. The van der Waals surface area contributed by atoms with Gasteiger partial charge in [-0.3, -0.25) is 25.0 Å². The van der Waals surface area contributed by atoms with Crippen LogP contribution < -0.4 is 10.1 Å². The molecule has 1 aliphatic rings. The van der Waals surface area contributed by atoms with Gasteiger partial charge in [0, 0.05) is 6.08 Å². The third kappa shape index (κ3) is 5.42. The number of nitrogens with zero attached hydrogens (tertiary/aromatic N) is 1. The standard InChI is InChI=1S/C19H18N2O5S/c1-4-14(9-8-12(2)21(24)25)11-26-16-7-5-6-15(13(16)3)10-17-18(22)20-19(23)27-17/h4-10H,2,11H2,1,3H3,(H,20,22,23)/b9-8-,14-4+,17-10-. The van der Waals surface area contributed by atoms with Gasteiger partial charge in [0.25, 0.3) is 16.8 Å². The van der Waals surface area contributed by atoms with Crippen molar-refractivity contribution in [2.45, 2.75) is 13.8 Å². The van der Waals surface area contributed by atoms with Crippen LogP contribution in [-0.4, -0.2) is 22.7 Å². The van der Waals surface area contributed by atoms with Crippen molar-refractivity contribution in [2.75, 3.05) is 6.61 Å².